The zero-order chi connectivity index (χ0) is 17.1. The third kappa shape index (κ3) is 3.28. The number of nitrogens with two attached hydrogens (primary N) is 1. The molecule has 0 aliphatic carbocycles. The number of anilines is 1. The Bertz CT molecular complexity index is 864. The van der Waals surface area contributed by atoms with Crippen LogP contribution in [0.3, 0.4) is 0 Å². The van der Waals surface area contributed by atoms with Crippen molar-refractivity contribution in [3.63, 3.8) is 0 Å². The SMILES string of the molecule is NC[C@@H](C(=O)Nc1cc2c(F)cncc2s1)c1ccc(CO)cc1. The lowest BCUT2D eigenvalue weighted by Crippen LogP contribution is -2.27. The zero-order valence-corrected chi connectivity index (χ0v) is 13.5. The van der Waals surface area contributed by atoms with Crippen LogP contribution in [0.1, 0.15) is 17.0 Å². The molecule has 7 heteroatoms. The molecule has 0 spiro atoms. The number of nitrogens with one attached hydrogen (secondary N) is 1. The van der Waals surface area contributed by atoms with E-state index in [1.165, 1.54) is 11.3 Å². The number of hydrogen-bond donors (Lipinski definition) is 3. The van der Waals surface area contributed by atoms with Crippen molar-refractivity contribution in [2.75, 3.05) is 11.9 Å². The average Bonchev–Trinajstić information content (AvgIpc) is 3.00. The number of hydrogen-bond acceptors (Lipinski definition) is 5. The fourth-order valence-electron chi connectivity index (χ4n) is 2.45. The minimum atomic E-state index is -0.522. The smallest absolute Gasteiger partial charge is 0.233 e. The van der Waals surface area contributed by atoms with Crippen LogP contribution in [0.25, 0.3) is 10.1 Å². The second kappa shape index (κ2) is 7.04. The van der Waals surface area contributed by atoms with Crippen molar-refractivity contribution in [2.45, 2.75) is 12.5 Å². The zero-order valence-electron chi connectivity index (χ0n) is 12.7. The molecule has 5 nitrogen and oxygen atoms in total. The molecule has 124 valence electrons. The number of carbonyl (C=O) groups is 1. The third-order valence-electron chi connectivity index (χ3n) is 3.76. The molecule has 0 unspecified atom stereocenters. The maximum atomic E-state index is 13.7. The molecule has 2 heterocycles. The van der Waals surface area contributed by atoms with Crippen molar-refractivity contribution in [1.29, 1.82) is 0 Å². The van der Waals surface area contributed by atoms with E-state index in [0.717, 1.165) is 17.3 Å². The van der Waals surface area contributed by atoms with Crippen molar-refractivity contribution >= 4 is 32.3 Å². The van der Waals surface area contributed by atoms with Crippen LogP contribution in [-0.2, 0) is 11.4 Å². The highest BCUT2D eigenvalue weighted by atomic mass is 32.1. The van der Waals surface area contributed by atoms with Crippen molar-refractivity contribution in [3.8, 4) is 0 Å². The fraction of sp³-hybridized carbons (Fsp3) is 0.176. The molecule has 3 rings (SSSR count). The summed E-state index contributed by atoms with van der Waals surface area (Å²) >= 11 is 1.26. The van der Waals surface area contributed by atoms with Gasteiger partial charge >= 0.3 is 0 Å². The van der Waals surface area contributed by atoms with Gasteiger partial charge < -0.3 is 16.2 Å². The lowest BCUT2D eigenvalue weighted by molar-refractivity contribution is -0.117. The predicted octanol–water partition coefficient (Wildman–Crippen LogP) is 2.61. The van der Waals surface area contributed by atoms with Crippen LogP contribution in [0.2, 0.25) is 0 Å². The largest absolute Gasteiger partial charge is 0.392 e. The quantitative estimate of drug-likeness (QED) is 0.663. The number of carbonyl (C=O) groups excluding carboxylic acids is 1. The van der Waals surface area contributed by atoms with Crippen LogP contribution < -0.4 is 11.1 Å². The Kier molecular flexibility index (Phi) is 4.84. The monoisotopic (exact) mass is 345 g/mol. The van der Waals surface area contributed by atoms with Crippen molar-refractivity contribution in [3.05, 3.63) is 59.7 Å². The number of aliphatic hydroxyl groups is 1. The molecule has 1 atom stereocenters. The maximum absolute atomic E-state index is 13.7. The predicted molar refractivity (Wildman–Crippen MR) is 92.4 cm³/mol. The third-order valence-corrected chi connectivity index (χ3v) is 4.75. The molecule has 0 fully saturated rings. The Balaban J connectivity index is 1.81. The van der Waals surface area contributed by atoms with Gasteiger partial charge in [-0.3, -0.25) is 9.78 Å². The Labute approximate surface area is 142 Å². The first kappa shape index (κ1) is 16.5. The highest BCUT2D eigenvalue weighted by Gasteiger charge is 2.20. The van der Waals surface area contributed by atoms with Gasteiger partial charge in [0, 0.05) is 18.1 Å². The summed E-state index contributed by atoms with van der Waals surface area (Å²) in [5, 5.41) is 12.9. The summed E-state index contributed by atoms with van der Waals surface area (Å²) < 4.78 is 14.4. The Morgan fingerprint density at radius 2 is 2.08 bits per heavy atom. The highest BCUT2D eigenvalue weighted by molar-refractivity contribution is 7.22. The fourth-order valence-corrected chi connectivity index (χ4v) is 3.39. The summed E-state index contributed by atoms with van der Waals surface area (Å²) in [6.45, 7) is 0.0896. The van der Waals surface area contributed by atoms with Gasteiger partial charge in [0.15, 0.2) is 0 Å². The summed E-state index contributed by atoms with van der Waals surface area (Å²) in [5.74, 6) is -1.20. The average molecular weight is 345 g/mol. The number of amides is 1. The van der Waals surface area contributed by atoms with E-state index in [1.54, 1.807) is 36.5 Å². The van der Waals surface area contributed by atoms with Gasteiger partial charge in [-0.2, -0.15) is 0 Å². The number of aromatic nitrogens is 1. The van der Waals surface area contributed by atoms with Crippen molar-refractivity contribution in [1.82, 2.24) is 4.98 Å². The van der Waals surface area contributed by atoms with E-state index in [1.807, 2.05) is 0 Å². The number of fused-ring (bicyclic) bond motifs is 1. The topological polar surface area (TPSA) is 88.2 Å². The molecule has 1 aromatic carbocycles. The molecule has 24 heavy (non-hydrogen) atoms. The van der Waals surface area contributed by atoms with Gasteiger partial charge in [0.1, 0.15) is 5.82 Å². The molecule has 0 saturated heterocycles. The van der Waals surface area contributed by atoms with Crippen molar-refractivity contribution in [2.24, 2.45) is 5.73 Å². The van der Waals surface area contributed by atoms with Crippen LogP contribution in [-0.4, -0.2) is 22.5 Å². The van der Waals surface area contributed by atoms with E-state index in [2.05, 4.69) is 10.3 Å². The number of benzene rings is 1. The first-order chi connectivity index (χ1) is 11.6. The summed E-state index contributed by atoms with van der Waals surface area (Å²) in [6.07, 6.45) is 2.71. The maximum Gasteiger partial charge on any atom is 0.233 e. The van der Waals surface area contributed by atoms with Crippen molar-refractivity contribution < 1.29 is 14.3 Å². The molecule has 0 aliphatic rings. The normalized spacial score (nSPS) is 12.3. The minimum Gasteiger partial charge on any atom is -0.392 e. The first-order valence-corrected chi connectivity index (χ1v) is 8.17. The van der Waals surface area contributed by atoms with E-state index in [-0.39, 0.29) is 19.1 Å². The van der Waals surface area contributed by atoms with Gasteiger partial charge in [-0.1, -0.05) is 24.3 Å². The van der Waals surface area contributed by atoms with Gasteiger partial charge in [0.2, 0.25) is 5.91 Å². The van der Waals surface area contributed by atoms with Gasteiger partial charge in [-0.15, -0.1) is 11.3 Å². The van der Waals surface area contributed by atoms with E-state index < -0.39 is 11.7 Å². The molecule has 2 aromatic heterocycles. The second-order valence-corrected chi connectivity index (χ2v) is 6.40. The summed E-state index contributed by atoms with van der Waals surface area (Å²) in [4.78, 5) is 16.3. The Morgan fingerprint density at radius 1 is 1.33 bits per heavy atom. The van der Waals surface area contributed by atoms with E-state index >= 15 is 0 Å². The highest BCUT2D eigenvalue weighted by Crippen LogP contribution is 2.31. The number of nitrogens with zero attached hydrogens (tertiary/aromatic N) is 1. The second-order valence-electron chi connectivity index (χ2n) is 5.32. The van der Waals surface area contributed by atoms with Gasteiger partial charge in [-0.25, -0.2) is 4.39 Å². The lowest BCUT2D eigenvalue weighted by atomic mass is 9.97. The number of thiophene rings is 1. The molecule has 0 saturated carbocycles. The molecular weight excluding hydrogens is 329 g/mol. The van der Waals surface area contributed by atoms with Crippen LogP contribution in [0.15, 0.2) is 42.7 Å². The summed E-state index contributed by atoms with van der Waals surface area (Å²) in [7, 11) is 0. The van der Waals surface area contributed by atoms with Crippen LogP contribution in [0.5, 0.6) is 0 Å². The molecule has 0 radical (unpaired) electrons. The molecule has 1 amide bonds. The number of pyridine rings is 1. The molecule has 3 aromatic rings. The number of aliphatic hydroxyl groups excluding tert-OH is 1. The molecule has 4 N–H and O–H groups in total. The Hall–Kier alpha value is -2.35. The molecule has 0 bridgehead atoms. The molecule has 0 aliphatic heterocycles. The first-order valence-electron chi connectivity index (χ1n) is 7.36. The van der Waals surface area contributed by atoms with E-state index in [4.69, 9.17) is 10.8 Å². The lowest BCUT2D eigenvalue weighted by Gasteiger charge is -2.15. The van der Waals surface area contributed by atoms with E-state index in [0.29, 0.717) is 15.1 Å². The van der Waals surface area contributed by atoms with Gasteiger partial charge in [-0.05, 0) is 17.2 Å². The minimum absolute atomic E-state index is 0.0544. The van der Waals surface area contributed by atoms with Crippen LogP contribution in [0, 0.1) is 5.82 Å². The van der Waals surface area contributed by atoms with Gasteiger partial charge in [0.25, 0.3) is 0 Å². The van der Waals surface area contributed by atoms with Gasteiger partial charge in [0.05, 0.1) is 28.4 Å². The van der Waals surface area contributed by atoms with E-state index in [9.17, 15) is 9.18 Å². The number of halogens is 1. The van der Waals surface area contributed by atoms with Crippen LogP contribution >= 0.6 is 11.3 Å². The van der Waals surface area contributed by atoms with Crippen LogP contribution in [0.4, 0.5) is 9.39 Å². The number of rotatable bonds is 5. The standard InChI is InChI=1S/C17H16FN3O2S/c18-14-7-20-8-15-12(14)5-16(24-15)21-17(23)13(6-19)11-3-1-10(9-22)2-4-11/h1-5,7-8,13,22H,6,9,19H2,(H,21,23)/t13-/m1/s1. The summed E-state index contributed by atoms with van der Waals surface area (Å²) in [5.41, 5.74) is 7.28. The Morgan fingerprint density at radius 3 is 2.71 bits per heavy atom. The summed E-state index contributed by atoms with van der Waals surface area (Å²) in [6, 6.07) is 8.66. The molecular formula is C17H16FN3O2S.